The minimum absolute atomic E-state index is 0.890. The van der Waals surface area contributed by atoms with E-state index in [9.17, 15) is 0 Å². The molecule has 0 aliphatic rings. The van der Waals surface area contributed by atoms with Crippen molar-refractivity contribution in [2.75, 3.05) is 13.7 Å². The van der Waals surface area contributed by atoms with Crippen LogP contribution < -0.4 is 10.1 Å². The molecule has 2 nitrogen and oxygen atoms in total. The van der Waals surface area contributed by atoms with Crippen LogP contribution in [-0.2, 0) is 6.54 Å². The summed E-state index contributed by atoms with van der Waals surface area (Å²) in [4.78, 5) is 0. The third-order valence-electron chi connectivity index (χ3n) is 3.40. The lowest BCUT2D eigenvalue weighted by atomic mass is 9.97. The first-order chi connectivity index (χ1) is 9.76. The van der Waals surface area contributed by atoms with Gasteiger partial charge >= 0.3 is 0 Å². The summed E-state index contributed by atoms with van der Waals surface area (Å²) < 4.78 is 5.51. The molecule has 0 aromatic heterocycles. The van der Waals surface area contributed by atoms with E-state index < -0.39 is 0 Å². The first kappa shape index (κ1) is 14.6. The molecule has 0 atom stereocenters. The fraction of sp³-hybridized carbons (Fsp3) is 0.333. The standard InChI is InChI=1S/C18H23NO/c1-4-11-19-13-15-7-5-6-8-16(15)17-12-14(2)9-10-18(17)20-3/h5-10,12,19H,4,11,13H2,1-3H3. The highest BCUT2D eigenvalue weighted by Crippen LogP contribution is 2.33. The zero-order valence-electron chi connectivity index (χ0n) is 12.6. The van der Waals surface area contributed by atoms with Gasteiger partial charge in [-0.25, -0.2) is 0 Å². The summed E-state index contributed by atoms with van der Waals surface area (Å²) in [5.74, 6) is 0.929. The lowest BCUT2D eigenvalue weighted by molar-refractivity contribution is 0.416. The topological polar surface area (TPSA) is 21.3 Å². The van der Waals surface area contributed by atoms with E-state index in [1.165, 1.54) is 22.3 Å². The highest BCUT2D eigenvalue weighted by Gasteiger charge is 2.09. The molecule has 0 radical (unpaired) electrons. The smallest absolute Gasteiger partial charge is 0.126 e. The minimum atomic E-state index is 0.890. The number of methoxy groups -OCH3 is 1. The van der Waals surface area contributed by atoms with E-state index in [4.69, 9.17) is 4.74 Å². The highest BCUT2D eigenvalue weighted by molar-refractivity contribution is 5.74. The Hall–Kier alpha value is -1.80. The van der Waals surface area contributed by atoms with Gasteiger partial charge in [0.2, 0.25) is 0 Å². The molecule has 0 amide bonds. The maximum atomic E-state index is 5.51. The highest BCUT2D eigenvalue weighted by atomic mass is 16.5. The third-order valence-corrected chi connectivity index (χ3v) is 3.40. The molecule has 0 bridgehead atoms. The van der Waals surface area contributed by atoms with Gasteiger partial charge in [-0.3, -0.25) is 0 Å². The molecule has 2 rings (SSSR count). The molecule has 0 saturated heterocycles. The summed E-state index contributed by atoms with van der Waals surface area (Å²) in [6.45, 7) is 6.23. The zero-order chi connectivity index (χ0) is 14.4. The van der Waals surface area contributed by atoms with Crippen LogP contribution in [0.4, 0.5) is 0 Å². The van der Waals surface area contributed by atoms with Crippen molar-refractivity contribution in [3.63, 3.8) is 0 Å². The van der Waals surface area contributed by atoms with E-state index in [-0.39, 0.29) is 0 Å². The first-order valence-electron chi connectivity index (χ1n) is 7.20. The van der Waals surface area contributed by atoms with Crippen molar-refractivity contribution >= 4 is 0 Å². The lowest BCUT2D eigenvalue weighted by Gasteiger charge is -2.14. The molecule has 0 unspecified atom stereocenters. The Labute approximate surface area is 121 Å². The van der Waals surface area contributed by atoms with Gasteiger partial charge in [-0.1, -0.05) is 42.8 Å². The van der Waals surface area contributed by atoms with Crippen LogP contribution in [0, 0.1) is 6.92 Å². The molecule has 0 aliphatic carbocycles. The van der Waals surface area contributed by atoms with Gasteiger partial charge in [0.15, 0.2) is 0 Å². The normalized spacial score (nSPS) is 10.6. The Morgan fingerprint density at radius 2 is 1.85 bits per heavy atom. The zero-order valence-corrected chi connectivity index (χ0v) is 12.6. The Kier molecular flexibility index (Phi) is 5.19. The van der Waals surface area contributed by atoms with Crippen molar-refractivity contribution in [2.45, 2.75) is 26.8 Å². The second-order valence-corrected chi connectivity index (χ2v) is 5.04. The average molecular weight is 269 g/mol. The average Bonchev–Trinajstić information content (AvgIpc) is 2.48. The number of nitrogens with one attached hydrogen (secondary N) is 1. The van der Waals surface area contributed by atoms with E-state index in [2.05, 4.69) is 55.6 Å². The quantitative estimate of drug-likeness (QED) is 0.795. The molecular weight excluding hydrogens is 246 g/mol. The first-order valence-corrected chi connectivity index (χ1v) is 7.20. The van der Waals surface area contributed by atoms with Gasteiger partial charge in [-0.15, -0.1) is 0 Å². The Balaban J connectivity index is 2.39. The fourth-order valence-electron chi connectivity index (χ4n) is 2.37. The molecule has 0 aliphatic heterocycles. The van der Waals surface area contributed by atoms with Gasteiger partial charge in [-0.05, 0) is 43.1 Å². The molecule has 106 valence electrons. The van der Waals surface area contributed by atoms with Crippen LogP contribution in [0.15, 0.2) is 42.5 Å². The molecule has 2 aromatic rings. The predicted octanol–water partition coefficient (Wildman–Crippen LogP) is 4.17. The second kappa shape index (κ2) is 7.11. The maximum absolute atomic E-state index is 5.51. The third kappa shape index (κ3) is 3.40. The van der Waals surface area contributed by atoms with E-state index in [0.29, 0.717) is 0 Å². The van der Waals surface area contributed by atoms with Crippen LogP contribution in [0.1, 0.15) is 24.5 Å². The van der Waals surface area contributed by atoms with Crippen molar-refractivity contribution in [3.8, 4) is 16.9 Å². The molecular formula is C18H23NO. The predicted molar refractivity (Wildman–Crippen MR) is 85.2 cm³/mol. The minimum Gasteiger partial charge on any atom is -0.496 e. The maximum Gasteiger partial charge on any atom is 0.126 e. The van der Waals surface area contributed by atoms with E-state index in [1.807, 2.05) is 6.07 Å². The monoisotopic (exact) mass is 269 g/mol. The number of hydrogen-bond acceptors (Lipinski definition) is 2. The number of benzene rings is 2. The SMILES string of the molecule is CCCNCc1ccccc1-c1cc(C)ccc1OC. The van der Waals surface area contributed by atoms with Crippen LogP contribution in [0.3, 0.4) is 0 Å². The van der Waals surface area contributed by atoms with Gasteiger partial charge < -0.3 is 10.1 Å². The van der Waals surface area contributed by atoms with Gasteiger partial charge in [-0.2, -0.15) is 0 Å². The molecule has 20 heavy (non-hydrogen) atoms. The van der Waals surface area contributed by atoms with Gasteiger partial charge in [0.1, 0.15) is 5.75 Å². The number of aryl methyl sites for hydroxylation is 1. The number of rotatable bonds is 6. The number of hydrogen-bond donors (Lipinski definition) is 1. The lowest BCUT2D eigenvalue weighted by Crippen LogP contribution is -2.14. The Morgan fingerprint density at radius 1 is 1.05 bits per heavy atom. The molecule has 1 N–H and O–H groups in total. The summed E-state index contributed by atoms with van der Waals surface area (Å²) in [6, 6.07) is 14.8. The van der Waals surface area contributed by atoms with E-state index in [0.717, 1.165) is 25.3 Å². The van der Waals surface area contributed by atoms with Crippen molar-refractivity contribution in [1.29, 1.82) is 0 Å². The summed E-state index contributed by atoms with van der Waals surface area (Å²) >= 11 is 0. The van der Waals surface area contributed by atoms with Crippen molar-refractivity contribution in [2.24, 2.45) is 0 Å². The van der Waals surface area contributed by atoms with Crippen LogP contribution in [-0.4, -0.2) is 13.7 Å². The van der Waals surface area contributed by atoms with Gasteiger partial charge in [0.25, 0.3) is 0 Å². The van der Waals surface area contributed by atoms with Crippen LogP contribution >= 0.6 is 0 Å². The molecule has 0 fully saturated rings. The largest absolute Gasteiger partial charge is 0.496 e. The molecule has 0 spiro atoms. The van der Waals surface area contributed by atoms with Gasteiger partial charge in [0, 0.05) is 12.1 Å². The second-order valence-electron chi connectivity index (χ2n) is 5.04. The van der Waals surface area contributed by atoms with Crippen LogP contribution in [0.5, 0.6) is 5.75 Å². The summed E-state index contributed by atoms with van der Waals surface area (Å²) in [5.41, 5.74) is 4.97. The molecule has 2 heteroatoms. The summed E-state index contributed by atoms with van der Waals surface area (Å²) in [5, 5.41) is 3.47. The molecule has 2 aromatic carbocycles. The van der Waals surface area contributed by atoms with Crippen molar-refractivity contribution < 1.29 is 4.74 Å². The van der Waals surface area contributed by atoms with E-state index in [1.54, 1.807) is 7.11 Å². The summed E-state index contributed by atoms with van der Waals surface area (Å²) in [6.07, 6.45) is 1.15. The fourth-order valence-corrected chi connectivity index (χ4v) is 2.37. The Morgan fingerprint density at radius 3 is 2.60 bits per heavy atom. The van der Waals surface area contributed by atoms with Crippen molar-refractivity contribution in [3.05, 3.63) is 53.6 Å². The van der Waals surface area contributed by atoms with Crippen LogP contribution in [0.25, 0.3) is 11.1 Å². The molecule has 0 heterocycles. The van der Waals surface area contributed by atoms with Crippen LogP contribution in [0.2, 0.25) is 0 Å². The molecule has 0 saturated carbocycles. The van der Waals surface area contributed by atoms with Crippen molar-refractivity contribution in [1.82, 2.24) is 5.32 Å². The summed E-state index contributed by atoms with van der Waals surface area (Å²) in [7, 11) is 1.73. The van der Waals surface area contributed by atoms with E-state index >= 15 is 0 Å². The van der Waals surface area contributed by atoms with Gasteiger partial charge in [0.05, 0.1) is 7.11 Å². The number of ether oxygens (including phenoxy) is 1. The Bertz CT molecular complexity index is 563.